The van der Waals surface area contributed by atoms with Gasteiger partial charge in [0.05, 0.1) is 11.4 Å². The summed E-state index contributed by atoms with van der Waals surface area (Å²) < 4.78 is 0.599. The number of halogens is 2. The van der Waals surface area contributed by atoms with E-state index in [9.17, 15) is 4.79 Å². The molecule has 5 heteroatoms. The summed E-state index contributed by atoms with van der Waals surface area (Å²) in [5.41, 5.74) is 0.579. The van der Waals surface area contributed by atoms with E-state index in [0.717, 1.165) is 0 Å². The van der Waals surface area contributed by atoms with E-state index >= 15 is 0 Å². The Morgan fingerprint density at radius 1 is 1.67 bits per heavy atom. The van der Waals surface area contributed by atoms with E-state index in [-0.39, 0.29) is 6.42 Å². The summed E-state index contributed by atoms with van der Waals surface area (Å²) >= 11 is 8.87. The van der Waals surface area contributed by atoms with Crippen LogP contribution >= 0.6 is 27.5 Å². The van der Waals surface area contributed by atoms with Crippen molar-refractivity contribution in [2.75, 3.05) is 0 Å². The molecule has 1 aromatic rings. The average Bonchev–Trinajstić information content (AvgIpc) is 1.98. The average molecular weight is 250 g/mol. The predicted molar refractivity (Wildman–Crippen MR) is 48.3 cm³/mol. The van der Waals surface area contributed by atoms with Crippen LogP contribution in [0.3, 0.4) is 0 Å². The summed E-state index contributed by atoms with van der Waals surface area (Å²) in [7, 11) is 0. The standard InChI is InChI=1S/C7H5BrClNO2/c8-7-4(1-6(11)12)2-10-3-5(7)9/h2-3H,1H2,(H,11,12). The third-order valence-corrected chi connectivity index (χ3v) is 2.70. The van der Waals surface area contributed by atoms with Crippen molar-refractivity contribution in [2.45, 2.75) is 6.42 Å². The Bertz CT molecular complexity index is 316. The first-order valence-electron chi connectivity index (χ1n) is 3.11. The van der Waals surface area contributed by atoms with Gasteiger partial charge in [-0.2, -0.15) is 0 Å². The van der Waals surface area contributed by atoms with E-state index in [1.807, 2.05) is 0 Å². The lowest BCUT2D eigenvalue weighted by Crippen LogP contribution is -2.01. The number of nitrogens with zero attached hydrogens (tertiary/aromatic N) is 1. The molecule has 64 valence electrons. The van der Waals surface area contributed by atoms with E-state index in [4.69, 9.17) is 16.7 Å². The molecule has 1 aromatic heterocycles. The maximum Gasteiger partial charge on any atom is 0.307 e. The van der Waals surface area contributed by atoms with Gasteiger partial charge >= 0.3 is 5.97 Å². The minimum Gasteiger partial charge on any atom is -0.481 e. The monoisotopic (exact) mass is 249 g/mol. The number of hydrogen-bond donors (Lipinski definition) is 1. The zero-order valence-electron chi connectivity index (χ0n) is 5.92. The van der Waals surface area contributed by atoms with E-state index in [2.05, 4.69) is 20.9 Å². The fraction of sp³-hybridized carbons (Fsp3) is 0.143. The maximum absolute atomic E-state index is 10.3. The molecule has 0 aliphatic heterocycles. The Kier molecular flexibility index (Phi) is 3.05. The number of carboxylic acid groups (broad SMARTS) is 1. The van der Waals surface area contributed by atoms with Crippen LogP contribution in [0.1, 0.15) is 5.56 Å². The number of carbonyl (C=O) groups is 1. The highest BCUT2D eigenvalue weighted by Gasteiger charge is 2.07. The van der Waals surface area contributed by atoms with Crippen molar-refractivity contribution >= 4 is 33.5 Å². The highest BCUT2D eigenvalue weighted by molar-refractivity contribution is 9.10. The van der Waals surface area contributed by atoms with Gasteiger partial charge in [-0.05, 0) is 21.5 Å². The molecule has 0 aliphatic rings. The predicted octanol–water partition coefficient (Wildman–Crippen LogP) is 2.12. The van der Waals surface area contributed by atoms with Crippen LogP contribution in [0.2, 0.25) is 5.02 Å². The molecule has 0 radical (unpaired) electrons. The Morgan fingerprint density at radius 3 is 2.92 bits per heavy atom. The zero-order valence-corrected chi connectivity index (χ0v) is 8.26. The van der Waals surface area contributed by atoms with E-state index in [1.165, 1.54) is 12.4 Å². The molecule has 1 rings (SSSR count). The van der Waals surface area contributed by atoms with Crippen molar-refractivity contribution in [3.8, 4) is 0 Å². The summed E-state index contributed by atoms with van der Waals surface area (Å²) in [6.45, 7) is 0. The molecule has 0 amide bonds. The molecular weight excluding hydrogens is 245 g/mol. The molecule has 0 spiro atoms. The third kappa shape index (κ3) is 2.19. The lowest BCUT2D eigenvalue weighted by atomic mass is 10.2. The Morgan fingerprint density at radius 2 is 2.33 bits per heavy atom. The van der Waals surface area contributed by atoms with Gasteiger partial charge < -0.3 is 5.11 Å². The minimum absolute atomic E-state index is 0.0753. The molecule has 12 heavy (non-hydrogen) atoms. The van der Waals surface area contributed by atoms with E-state index in [1.54, 1.807) is 0 Å². The molecule has 0 saturated heterocycles. The molecule has 0 unspecified atom stereocenters. The molecule has 0 aliphatic carbocycles. The number of rotatable bonds is 2. The number of hydrogen-bond acceptors (Lipinski definition) is 2. The van der Waals surface area contributed by atoms with Crippen LogP contribution in [-0.2, 0) is 11.2 Å². The molecule has 3 nitrogen and oxygen atoms in total. The largest absolute Gasteiger partial charge is 0.481 e. The van der Waals surface area contributed by atoms with Crippen LogP contribution in [0.4, 0.5) is 0 Å². The van der Waals surface area contributed by atoms with Gasteiger partial charge in [-0.1, -0.05) is 11.6 Å². The summed E-state index contributed by atoms with van der Waals surface area (Å²) in [5.74, 6) is -0.903. The lowest BCUT2D eigenvalue weighted by molar-refractivity contribution is -0.136. The van der Waals surface area contributed by atoms with Crippen molar-refractivity contribution in [1.82, 2.24) is 4.98 Å². The molecule has 0 fully saturated rings. The molecule has 0 aromatic carbocycles. The Labute approximate surface area is 82.5 Å². The smallest absolute Gasteiger partial charge is 0.307 e. The number of carboxylic acids is 1. The van der Waals surface area contributed by atoms with Crippen molar-refractivity contribution in [1.29, 1.82) is 0 Å². The summed E-state index contributed by atoms with van der Waals surface area (Å²) in [6, 6.07) is 0. The molecule has 0 saturated carbocycles. The van der Waals surface area contributed by atoms with Gasteiger partial charge in [-0.25, -0.2) is 0 Å². The van der Waals surface area contributed by atoms with Gasteiger partial charge in [0.15, 0.2) is 0 Å². The minimum atomic E-state index is -0.903. The SMILES string of the molecule is O=C(O)Cc1cncc(Cl)c1Br. The van der Waals surface area contributed by atoms with Gasteiger partial charge in [0, 0.05) is 16.9 Å². The van der Waals surface area contributed by atoms with Crippen molar-refractivity contribution < 1.29 is 9.90 Å². The fourth-order valence-electron chi connectivity index (χ4n) is 0.746. The van der Waals surface area contributed by atoms with Gasteiger partial charge in [-0.15, -0.1) is 0 Å². The fourth-order valence-corrected chi connectivity index (χ4v) is 1.27. The molecular formula is C7H5BrClNO2. The highest BCUT2D eigenvalue weighted by Crippen LogP contribution is 2.24. The molecule has 0 bridgehead atoms. The van der Waals surface area contributed by atoms with Gasteiger partial charge in [-0.3, -0.25) is 9.78 Å². The van der Waals surface area contributed by atoms with Gasteiger partial charge in [0.1, 0.15) is 0 Å². The Hall–Kier alpha value is -0.610. The lowest BCUT2D eigenvalue weighted by Gasteiger charge is -2.00. The van der Waals surface area contributed by atoms with Crippen LogP contribution in [0.15, 0.2) is 16.9 Å². The third-order valence-electron chi connectivity index (χ3n) is 1.25. The second-order valence-corrected chi connectivity index (χ2v) is 3.37. The number of aliphatic carboxylic acids is 1. The maximum atomic E-state index is 10.3. The summed E-state index contributed by atoms with van der Waals surface area (Å²) in [6.07, 6.45) is 2.86. The van der Waals surface area contributed by atoms with Crippen molar-refractivity contribution in [3.63, 3.8) is 0 Å². The van der Waals surface area contributed by atoms with Gasteiger partial charge in [0.2, 0.25) is 0 Å². The second kappa shape index (κ2) is 3.87. The summed E-state index contributed by atoms with van der Waals surface area (Å²) in [4.78, 5) is 14.1. The van der Waals surface area contributed by atoms with Gasteiger partial charge in [0.25, 0.3) is 0 Å². The van der Waals surface area contributed by atoms with Crippen LogP contribution in [0, 0.1) is 0 Å². The quantitative estimate of drug-likeness (QED) is 0.875. The summed E-state index contributed by atoms with van der Waals surface area (Å²) in [5, 5.41) is 8.92. The molecule has 1 N–H and O–H groups in total. The Balaban J connectivity index is 3.00. The van der Waals surface area contributed by atoms with Crippen LogP contribution < -0.4 is 0 Å². The molecule has 0 atom stereocenters. The van der Waals surface area contributed by atoms with Crippen molar-refractivity contribution in [2.24, 2.45) is 0 Å². The first kappa shape index (κ1) is 9.48. The highest BCUT2D eigenvalue weighted by atomic mass is 79.9. The first-order chi connectivity index (χ1) is 5.61. The van der Waals surface area contributed by atoms with Crippen LogP contribution in [-0.4, -0.2) is 16.1 Å². The van der Waals surface area contributed by atoms with Crippen molar-refractivity contribution in [3.05, 3.63) is 27.5 Å². The number of pyridine rings is 1. The first-order valence-corrected chi connectivity index (χ1v) is 4.28. The topological polar surface area (TPSA) is 50.2 Å². The second-order valence-electron chi connectivity index (χ2n) is 2.16. The zero-order chi connectivity index (χ0) is 9.14. The normalized spacial score (nSPS) is 9.83. The van der Waals surface area contributed by atoms with Crippen LogP contribution in [0.25, 0.3) is 0 Å². The number of aromatic nitrogens is 1. The van der Waals surface area contributed by atoms with E-state index < -0.39 is 5.97 Å². The van der Waals surface area contributed by atoms with Crippen LogP contribution in [0.5, 0.6) is 0 Å². The molecule has 1 heterocycles. The van der Waals surface area contributed by atoms with E-state index in [0.29, 0.717) is 15.1 Å².